The second-order valence-corrected chi connectivity index (χ2v) is 9.56. The molecule has 1 aliphatic heterocycles. The van der Waals surface area contributed by atoms with Crippen LogP contribution in [0.5, 0.6) is 0 Å². The molecule has 0 saturated carbocycles. The van der Waals surface area contributed by atoms with Gasteiger partial charge >= 0.3 is 6.03 Å². The molecule has 1 saturated heterocycles. The molecule has 5 nitrogen and oxygen atoms in total. The predicted molar refractivity (Wildman–Crippen MR) is 101 cm³/mol. The molecule has 0 unspecified atom stereocenters. The summed E-state index contributed by atoms with van der Waals surface area (Å²) in [6.45, 7) is 5.53. The Labute approximate surface area is 151 Å². The van der Waals surface area contributed by atoms with Crippen LogP contribution >= 0.6 is 0 Å². The highest BCUT2D eigenvalue weighted by atomic mass is 32.2. The quantitative estimate of drug-likeness (QED) is 0.755. The Morgan fingerprint density at radius 3 is 2.44 bits per heavy atom. The van der Waals surface area contributed by atoms with Crippen LogP contribution in [0.1, 0.15) is 38.7 Å². The van der Waals surface area contributed by atoms with Gasteiger partial charge in [-0.15, -0.1) is 0 Å². The number of carbonyl (C=O) groups is 1. The summed E-state index contributed by atoms with van der Waals surface area (Å²) in [5.41, 5.74) is 1.27. The number of piperidine rings is 1. The van der Waals surface area contributed by atoms with Crippen LogP contribution in [0.2, 0.25) is 0 Å². The molecule has 1 N–H and O–H groups in total. The summed E-state index contributed by atoms with van der Waals surface area (Å²) in [6, 6.07) is 10.1. The summed E-state index contributed by atoms with van der Waals surface area (Å²) in [5, 5.41) is 2.65. The number of nitrogens with one attached hydrogen (secondary N) is 1. The second kappa shape index (κ2) is 9.22. The highest BCUT2D eigenvalue weighted by molar-refractivity contribution is 7.92. The minimum Gasteiger partial charge on any atom is -0.338 e. The third-order valence-electron chi connectivity index (χ3n) is 4.56. The molecule has 0 atom stereocenters. The summed E-state index contributed by atoms with van der Waals surface area (Å²) in [4.78, 5) is 13.9. The molecule has 0 spiro atoms. The van der Waals surface area contributed by atoms with Gasteiger partial charge in [-0.3, -0.25) is 0 Å². The zero-order chi connectivity index (χ0) is 18.3. The first-order valence-electron chi connectivity index (χ1n) is 9.17. The van der Waals surface area contributed by atoms with Gasteiger partial charge < -0.3 is 10.2 Å². The molecule has 25 heavy (non-hydrogen) atoms. The first kappa shape index (κ1) is 19.8. The van der Waals surface area contributed by atoms with Gasteiger partial charge in [-0.25, -0.2) is 13.2 Å². The van der Waals surface area contributed by atoms with Crippen molar-refractivity contribution < 1.29 is 13.2 Å². The van der Waals surface area contributed by atoms with E-state index in [0.717, 1.165) is 12.8 Å². The fourth-order valence-electron chi connectivity index (χ4n) is 3.26. The third kappa shape index (κ3) is 6.34. The monoisotopic (exact) mass is 366 g/mol. The summed E-state index contributed by atoms with van der Waals surface area (Å²) >= 11 is 0. The van der Waals surface area contributed by atoms with Gasteiger partial charge in [-0.05, 0) is 37.2 Å². The minimum absolute atomic E-state index is 0.0761. The van der Waals surface area contributed by atoms with E-state index < -0.39 is 9.84 Å². The topological polar surface area (TPSA) is 66.5 Å². The van der Waals surface area contributed by atoms with Gasteiger partial charge in [0.2, 0.25) is 0 Å². The molecule has 2 rings (SSSR count). The van der Waals surface area contributed by atoms with Crippen LogP contribution in [0, 0.1) is 5.92 Å². The van der Waals surface area contributed by atoms with Crippen LogP contribution in [0.15, 0.2) is 30.3 Å². The van der Waals surface area contributed by atoms with E-state index in [1.807, 2.05) is 32.0 Å². The Bertz CT molecular complexity index is 636. The average molecular weight is 367 g/mol. The Balaban J connectivity index is 1.69. The van der Waals surface area contributed by atoms with Gasteiger partial charge in [0, 0.05) is 19.6 Å². The molecule has 0 aromatic heterocycles. The molecular weight excluding hydrogens is 336 g/mol. The maximum absolute atomic E-state index is 12.3. The number of aryl methyl sites for hydroxylation is 1. The van der Waals surface area contributed by atoms with Crippen LogP contribution < -0.4 is 5.32 Å². The number of likely N-dealkylation sites (tertiary alicyclic amines) is 1. The summed E-state index contributed by atoms with van der Waals surface area (Å²) in [7, 11) is -3.04. The zero-order valence-corrected chi connectivity index (χ0v) is 16.1. The number of hydrogen-bond donors (Lipinski definition) is 1. The van der Waals surface area contributed by atoms with Gasteiger partial charge in [-0.2, -0.15) is 0 Å². The van der Waals surface area contributed by atoms with Gasteiger partial charge in [-0.1, -0.05) is 44.2 Å². The standard InChI is InChI=1S/C19H30N2O3S/c1-16(2)15-25(23,24)18-10-13-21(14-11-18)19(22)20-12-6-9-17-7-4-3-5-8-17/h3-5,7-8,16,18H,6,9-15H2,1-2H3,(H,20,22). The minimum atomic E-state index is -3.04. The highest BCUT2D eigenvalue weighted by Gasteiger charge is 2.31. The molecule has 6 heteroatoms. The van der Waals surface area contributed by atoms with E-state index in [9.17, 15) is 13.2 Å². The third-order valence-corrected chi connectivity index (χ3v) is 7.18. The lowest BCUT2D eigenvalue weighted by Crippen LogP contribution is -2.47. The molecule has 1 fully saturated rings. The van der Waals surface area contributed by atoms with Crippen molar-refractivity contribution >= 4 is 15.9 Å². The van der Waals surface area contributed by atoms with Crippen LogP contribution in [0.3, 0.4) is 0 Å². The molecule has 1 aromatic carbocycles. The van der Waals surface area contributed by atoms with Gasteiger partial charge in [0.1, 0.15) is 0 Å². The molecular formula is C19H30N2O3S. The largest absolute Gasteiger partial charge is 0.338 e. The number of amides is 2. The Hall–Kier alpha value is -1.56. The van der Waals surface area contributed by atoms with Crippen molar-refractivity contribution in [2.45, 2.75) is 44.8 Å². The van der Waals surface area contributed by atoms with Crippen LogP contribution in [0.4, 0.5) is 4.79 Å². The first-order valence-corrected chi connectivity index (χ1v) is 10.9. The van der Waals surface area contributed by atoms with Crippen molar-refractivity contribution in [3.05, 3.63) is 35.9 Å². The molecule has 0 radical (unpaired) electrons. The average Bonchev–Trinajstić information content (AvgIpc) is 2.58. The van der Waals surface area contributed by atoms with E-state index in [0.29, 0.717) is 32.5 Å². The van der Waals surface area contributed by atoms with Gasteiger partial charge in [0.25, 0.3) is 0 Å². The van der Waals surface area contributed by atoms with Gasteiger partial charge in [0.05, 0.1) is 11.0 Å². The zero-order valence-electron chi connectivity index (χ0n) is 15.3. The maximum Gasteiger partial charge on any atom is 0.317 e. The smallest absolute Gasteiger partial charge is 0.317 e. The van der Waals surface area contributed by atoms with E-state index in [2.05, 4.69) is 17.4 Å². The van der Waals surface area contributed by atoms with Crippen LogP contribution in [0.25, 0.3) is 0 Å². The van der Waals surface area contributed by atoms with E-state index in [-0.39, 0.29) is 23.0 Å². The SMILES string of the molecule is CC(C)CS(=O)(=O)C1CCN(C(=O)NCCCc2ccccc2)CC1. The fraction of sp³-hybridized carbons (Fsp3) is 0.632. The lowest BCUT2D eigenvalue weighted by Gasteiger charge is -2.32. The molecule has 1 aromatic rings. The van der Waals surface area contributed by atoms with E-state index in [1.165, 1.54) is 5.56 Å². The van der Waals surface area contributed by atoms with Crippen molar-refractivity contribution in [3.63, 3.8) is 0 Å². The van der Waals surface area contributed by atoms with E-state index in [4.69, 9.17) is 0 Å². The van der Waals surface area contributed by atoms with E-state index >= 15 is 0 Å². The molecule has 0 aliphatic carbocycles. The maximum atomic E-state index is 12.3. The molecule has 2 amide bonds. The van der Waals surface area contributed by atoms with Crippen molar-refractivity contribution in [2.24, 2.45) is 5.92 Å². The van der Waals surface area contributed by atoms with E-state index in [1.54, 1.807) is 4.90 Å². The predicted octanol–water partition coefficient (Wildman–Crippen LogP) is 2.86. The van der Waals surface area contributed by atoms with Crippen molar-refractivity contribution in [1.29, 1.82) is 0 Å². The number of nitrogens with zero attached hydrogens (tertiary/aromatic N) is 1. The van der Waals surface area contributed by atoms with Crippen molar-refractivity contribution in [2.75, 3.05) is 25.4 Å². The van der Waals surface area contributed by atoms with Crippen molar-refractivity contribution in [1.82, 2.24) is 10.2 Å². The van der Waals surface area contributed by atoms with Crippen LogP contribution in [-0.4, -0.2) is 50.0 Å². The number of sulfone groups is 1. The number of rotatable bonds is 7. The Morgan fingerprint density at radius 2 is 1.84 bits per heavy atom. The van der Waals surface area contributed by atoms with Crippen molar-refractivity contribution in [3.8, 4) is 0 Å². The molecule has 140 valence electrons. The fourth-order valence-corrected chi connectivity index (χ4v) is 5.39. The number of hydrogen-bond acceptors (Lipinski definition) is 3. The Morgan fingerprint density at radius 1 is 1.20 bits per heavy atom. The normalized spacial score (nSPS) is 16.2. The number of urea groups is 1. The molecule has 1 heterocycles. The number of benzene rings is 1. The first-order chi connectivity index (χ1) is 11.9. The lowest BCUT2D eigenvalue weighted by atomic mass is 10.1. The highest BCUT2D eigenvalue weighted by Crippen LogP contribution is 2.20. The van der Waals surface area contributed by atoms with Gasteiger partial charge in [0.15, 0.2) is 9.84 Å². The number of carbonyl (C=O) groups excluding carboxylic acids is 1. The summed E-state index contributed by atoms with van der Waals surface area (Å²) in [5.74, 6) is 0.388. The second-order valence-electron chi connectivity index (χ2n) is 7.23. The lowest BCUT2D eigenvalue weighted by molar-refractivity contribution is 0.186. The van der Waals surface area contributed by atoms with Crippen LogP contribution in [-0.2, 0) is 16.3 Å². The summed E-state index contributed by atoms with van der Waals surface area (Å²) < 4.78 is 24.6. The molecule has 0 bridgehead atoms. The Kier molecular flexibility index (Phi) is 7.29. The molecule has 1 aliphatic rings. The summed E-state index contributed by atoms with van der Waals surface area (Å²) in [6.07, 6.45) is 2.94.